The number of carbonyl (C=O) groups is 1. The summed E-state index contributed by atoms with van der Waals surface area (Å²) in [6, 6.07) is 7.93. The average molecular weight is 369 g/mol. The number of anilines is 1. The van der Waals surface area contributed by atoms with E-state index in [1.165, 1.54) is 0 Å². The highest BCUT2D eigenvalue weighted by Crippen LogP contribution is 2.27. The first-order valence-corrected chi connectivity index (χ1v) is 9.31. The summed E-state index contributed by atoms with van der Waals surface area (Å²) in [5, 5.41) is 18.2. The Hall–Kier alpha value is -2.42. The van der Waals surface area contributed by atoms with Gasteiger partial charge in [-0.3, -0.25) is 4.79 Å². The van der Waals surface area contributed by atoms with Gasteiger partial charge in [0.25, 0.3) is 0 Å². The number of rotatable bonds is 4. The molecule has 7 nitrogen and oxygen atoms in total. The summed E-state index contributed by atoms with van der Waals surface area (Å²) < 4.78 is 5.57. The first kappa shape index (κ1) is 17.0. The average Bonchev–Trinajstić information content (AvgIpc) is 3.08. The molecule has 3 aromatic rings. The molecule has 1 unspecified atom stereocenters. The van der Waals surface area contributed by atoms with Crippen LogP contribution in [0.3, 0.4) is 0 Å². The minimum atomic E-state index is -0.0959. The lowest BCUT2D eigenvalue weighted by molar-refractivity contribution is -0.119. The Kier molecular flexibility index (Phi) is 4.87. The van der Waals surface area contributed by atoms with Crippen molar-refractivity contribution in [3.05, 3.63) is 35.5 Å². The zero-order chi connectivity index (χ0) is 17.9. The van der Waals surface area contributed by atoms with Crippen LogP contribution in [0.2, 0.25) is 0 Å². The fourth-order valence-corrected chi connectivity index (χ4v) is 3.60. The molecule has 0 saturated carbocycles. The molecule has 1 amide bonds. The van der Waals surface area contributed by atoms with Crippen LogP contribution in [-0.4, -0.2) is 46.9 Å². The van der Waals surface area contributed by atoms with Crippen LogP contribution in [0, 0.1) is 6.92 Å². The number of pyridine rings is 1. The van der Waals surface area contributed by atoms with Crippen molar-refractivity contribution in [1.82, 2.24) is 20.5 Å². The molecule has 4 rings (SSSR count). The Morgan fingerprint density at radius 3 is 3.04 bits per heavy atom. The summed E-state index contributed by atoms with van der Waals surface area (Å²) in [6.45, 7) is 4.11. The van der Waals surface area contributed by atoms with Crippen LogP contribution in [0.4, 0.5) is 5.82 Å². The van der Waals surface area contributed by atoms with Crippen molar-refractivity contribution in [2.45, 2.75) is 19.4 Å². The van der Waals surface area contributed by atoms with E-state index >= 15 is 0 Å². The first-order chi connectivity index (χ1) is 12.7. The third-order valence-corrected chi connectivity index (χ3v) is 5.07. The standard InChI is InChI=1S/C18H19N5O2S/c1-11-22-23-18(26-11)12-2-3-13-9-20-16(7-14(13)6-12)21-17(24)8-15-10-19-4-5-25-15/h2-3,6-7,9,15,19H,4-5,8,10H2,1H3,(H,20,21,24). The highest BCUT2D eigenvalue weighted by Gasteiger charge is 2.17. The summed E-state index contributed by atoms with van der Waals surface area (Å²) in [5.41, 5.74) is 1.01. The minimum Gasteiger partial charge on any atom is -0.375 e. The van der Waals surface area contributed by atoms with Gasteiger partial charge in [0.05, 0.1) is 19.1 Å². The number of nitrogens with zero attached hydrogens (tertiary/aromatic N) is 3. The summed E-state index contributed by atoms with van der Waals surface area (Å²) in [7, 11) is 0. The maximum Gasteiger partial charge on any atom is 0.228 e. The normalized spacial score (nSPS) is 17.3. The minimum absolute atomic E-state index is 0.0866. The fraction of sp³-hybridized carbons (Fsp3) is 0.333. The lowest BCUT2D eigenvalue weighted by Gasteiger charge is -2.22. The predicted octanol–water partition coefficient (Wildman–Crippen LogP) is 2.38. The van der Waals surface area contributed by atoms with Crippen LogP contribution in [0.5, 0.6) is 0 Å². The monoisotopic (exact) mass is 369 g/mol. The van der Waals surface area contributed by atoms with E-state index in [4.69, 9.17) is 4.74 Å². The van der Waals surface area contributed by atoms with Gasteiger partial charge in [0.15, 0.2) is 0 Å². The molecule has 0 aliphatic carbocycles. The number of amides is 1. The number of ether oxygens (including phenoxy) is 1. The highest BCUT2D eigenvalue weighted by molar-refractivity contribution is 7.14. The topological polar surface area (TPSA) is 89.0 Å². The van der Waals surface area contributed by atoms with Crippen molar-refractivity contribution in [3.63, 3.8) is 0 Å². The van der Waals surface area contributed by atoms with Gasteiger partial charge in [-0.2, -0.15) is 0 Å². The summed E-state index contributed by atoms with van der Waals surface area (Å²) in [5.74, 6) is 0.443. The van der Waals surface area contributed by atoms with E-state index in [2.05, 4.69) is 25.8 Å². The number of hydrogen-bond donors (Lipinski definition) is 2. The molecule has 2 N–H and O–H groups in total. The van der Waals surface area contributed by atoms with Gasteiger partial charge in [-0.1, -0.05) is 23.5 Å². The number of aromatic nitrogens is 3. The third kappa shape index (κ3) is 3.87. The molecule has 1 atom stereocenters. The first-order valence-electron chi connectivity index (χ1n) is 8.50. The maximum absolute atomic E-state index is 12.2. The number of carbonyl (C=O) groups excluding carboxylic acids is 1. The van der Waals surface area contributed by atoms with E-state index in [9.17, 15) is 4.79 Å². The maximum atomic E-state index is 12.2. The predicted molar refractivity (Wildman–Crippen MR) is 101 cm³/mol. The Morgan fingerprint density at radius 2 is 2.27 bits per heavy atom. The molecule has 1 fully saturated rings. The van der Waals surface area contributed by atoms with Crippen LogP contribution in [0.15, 0.2) is 30.5 Å². The number of aryl methyl sites for hydroxylation is 1. The third-order valence-electron chi connectivity index (χ3n) is 4.18. The van der Waals surface area contributed by atoms with E-state index in [1.54, 1.807) is 17.5 Å². The van der Waals surface area contributed by atoms with Gasteiger partial charge in [0.1, 0.15) is 15.8 Å². The van der Waals surface area contributed by atoms with Gasteiger partial charge in [-0.25, -0.2) is 4.98 Å². The van der Waals surface area contributed by atoms with Gasteiger partial charge >= 0.3 is 0 Å². The largest absolute Gasteiger partial charge is 0.375 e. The second-order valence-corrected chi connectivity index (χ2v) is 7.39. The lowest BCUT2D eigenvalue weighted by Crippen LogP contribution is -2.40. The van der Waals surface area contributed by atoms with Crippen molar-refractivity contribution in [2.75, 3.05) is 25.0 Å². The van der Waals surface area contributed by atoms with Crippen LogP contribution in [0.25, 0.3) is 21.3 Å². The van der Waals surface area contributed by atoms with E-state index < -0.39 is 0 Å². The van der Waals surface area contributed by atoms with E-state index in [1.807, 2.05) is 31.2 Å². The molecule has 1 saturated heterocycles. The second-order valence-electron chi connectivity index (χ2n) is 6.21. The fourth-order valence-electron chi connectivity index (χ4n) is 2.91. The molecule has 1 aromatic carbocycles. The van der Waals surface area contributed by atoms with Gasteiger partial charge in [-0.05, 0) is 24.4 Å². The summed E-state index contributed by atoms with van der Waals surface area (Å²) in [4.78, 5) is 16.6. The molecule has 0 spiro atoms. The van der Waals surface area contributed by atoms with Gasteiger partial charge in [-0.15, -0.1) is 10.2 Å². The van der Waals surface area contributed by atoms with Crippen LogP contribution >= 0.6 is 11.3 Å². The second kappa shape index (κ2) is 7.45. The molecule has 26 heavy (non-hydrogen) atoms. The number of nitrogens with one attached hydrogen (secondary N) is 2. The van der Waals surface area contributed by atoms with Crippen molar-refractivity contribution in [1.29, 1.82) is 0 Å². The molecule has 0 radical (unpaired) electrons. The van der Waals surface area contributed by atoms with Gasteiger partial charge in [0.2, 0.25) is 5.91 Å². The molecular weight excluding hydrogens is 350 g/mol. The summed E-state index contributed by atoms with van der Waals surface area (Å²) in [6.07, 6.45) is 1.99. The quantitative estimate of drug-likeness (QED) is 0.734. The van der Waals surface area contributed by atoms with Crippen LogP contribution < -0.4 is 10.6 Å². The molecule has 134 valence electrons. The smallest absolute Gasteiger partial charge is 0.228 e. The van der Waals surface area contributed by atoms with Crippen molar-refractivity contribution < 1.29 is 9.53 Å². The molecule has 0 bridgehead atoms. The zero-order valence-corrected chi connectivity index (χ0v) is 15.2. The Morgan fingerprint density at radius 1 is 1.35 bits per heavy atom. The Bertz CT molecular complexity index is 936. The lowest BCUT2D eigenvalue weighted by atomic mass is 10.1. The highest BCUT2D eigenvalue weighted by atomic mass is 32.1. The zero-order valence-electron chi connectivity index (χ0n) is 14.4. The number of benzene rings is 1. The molecule has 8 heteroatoms. The Labute approximate surface area is 154 Å². The Balaban J connectivity index is 1.51. The van der Waals surface area contributed by atoms with Crippen LogP contribution in [0.1, 0.15) is 11.4 Å². The molecule has 2 aromatic heterocycles. The molecule has 1 aliphatic heterocycles. The number of hydrogen-bond acceptors (Lipinski definition) is 7. The summed E-state index contributed by atoms with van der Waals surface area (Å²) >= 11 is 1.56. The SMILES string of the molecule is Cc1nnc(-c2ccc3cnc(NC(=O)CC4CNCCO4)cc3c2)s1. The number of morpholine rings is 1. The van der Waals surface area contributed by atoms with Crippen molar-refractivity contribution in [3.8, 4) is 10.6 Å². The van der Waals surface area contributed by atoms with Crippen molar-refractivity contribution >= 4 is 33.8 Å². The van der Waals surface area contributed by atoms with E-state index in [-0.39, 0.29) is 12.0 Å². The van der Waals surface area contributed by atoms with Gasteiger partial charge < -0.3 is 15.4 Å². The molecular formula is C18H19N5O2S. The number of fused-ring (bicyclic) bond motifs is 1. The van der Waals surface area contributed by atoms with Gasteiger partial charge in [0, 0.05) is 30.2 Å². The molecule has 3 heterocycles. The molecule has 1 aliphatic rings. The van der Waals surface area contributed by atoms with Crippen LogP contribution in [-0.2, 0) is 9.53 Å². The van der Waals surface area contributed by atoms with E-state index in [0.717, 1.165) is 32.9 Å². The van der Waals surface area contributed by atoms with Crippen molar-refractivity contribution in [2.24, 2.45) is 0 Å². The van der Waals surface area contributed by atoms with E-state index in [0.29, 0.717) is 25.4 Å².